The van der Waals surface area contributed by atoms with Crippen LogP contribution in [-0.4, -0.2) is 12.5 Å². The predicted octanol–water partition coefficient (Wildman–Crippen LogP) is 2.67. The second-order valence-corrected chi connectivity index (χ2v) is 5.19. The standard InChI is InChI=1S/C15H11NO2S/c1-2-7-16-15(17)13-8-10-9-18-12-6-4-3-5-11(12)14(10)19-13/h1,3-6,8H,7,9H2,(H,16,17). The van der Waals surface area contributed by atoms with Gasteiger partial charge in [-0.25, -0.2) is 0 Å². The normalized spacial score (nSPS) is 11.7. The lowest BCUT2D eigenvalue weighted by atomic mass is 10.1. The van der Waals surface area contributed by atoms with Gasteiger partial charge in [0, 0.05) is 16.0 Å². The van der Waals surface area contributed by atoms with E-state index in [0.717, 1.165) is 21.8 Å². The zero-order chi connectivity index (χ0) is 13.2. The molecule has 19 heavy (non-hydrogen) atoms. The van der Waals surface area contributed by atoms with Crippen LogP contribution in [0.2, 0.25) is 0 Å². The lowest BCUT2D eigenvalue weighted by Gasteiger charge is -2.16. The van der Waals surface area contributed by atoms with Crippen LogP contribution >= 0.6 is 11.3 Å². The molecule has 0 unspecified atom stereocenters. The van der Waals surface area contributed by atoms with Gasteiger partial charge in [-0.2, -0.15) is 0 Å². The molecule has 0 aliphatic carbocycles. The minimum absolute atomic E-state index is 0.130. The van der Waals surface area contributed by atoms with Crippen LogP contribution in [0.4, 0.5) is 0 Å². The van der Waals surface area contributed by atoms with Gasteiger partial charge in [-0.15, -0.1) is 17.8 Å². The van der Waals surface area contributed by atoms with Crippen molar-refractivity contribution >= 4 is 17.2 Å². The highest BCUT2D eigenvalue weighted by atomic mass is 32.1. The van der Waals surface area contributed by atoms with Crippen LogP contribution in [0.1, 0.15) is 15.2 Å². The summed E-state index contributed by atoms with van der Waals surface area (Å²) in [6, 6.07) is 9.73. The van der Waals surface area contributed by atoms with Crippen molar-refractivity contribution < 1.29 is 9.53 Å². The van der Waals surface area contributed by atoms with Crippen molar-refractivity contribution in [2.45, 2.75) is 6.61 Å². The monoisotopic (exact) mass is 269 g/mol. The number of carbonyl (C=O) groups excluding carboxylic acids is 1. The Morgan fingerprint density at radius 3 is 3.16 bits per heavy atom. The number of benzene rings is 1. The highest BCUT2D eigenvalue weighted by Gasteiger charge is 2.21. The molecular weight excluding hydrogens is 258 g/mol. The largest absolute Gasteiger partial charge is 0.488 e. The van der Waals surface area contributed by atoms with Crippen molar-refractivity contribution in [3.8, 4) is 28.5 Å². The van der Waals surface area contributed by atoms with Crippen LogP contribution < -0.4 is 10.1 Å². The molecule has 1 aromatic heterocycles. The Kier molecular flexibility index (Phi) is 2.98. The fourth-order valence-electron chi connectivity index (χ4n) is 2.03. The fourth-order valence-corrected chi connectivity index (χ4v) is 3.14. The van der Waals surface area contributed by atoms with Crippen molar-refractivity contribution in [3.63, 3.8) is 0 Å². The molecule has 2 heterocycles. The van der Waals surface area contributed by atoms with Crippen molar-refractivity contribution in [1.82, 2.24) is 5.32 Å². The average molecular weight is 269 g/mol. The van der Waals surface area contributed by atoms with E-state index in [4.69, 9.17) is 11.2 Å². The number of carbonyl (C=O) groups is 1. The second kappa shape index (κ2) is 4.79. The van der Waals surface area contributed by atoms with Gasteiger partial charge >= 0.3 is 0 Å². The maximum Gasteiger partial charge on any atom is 0.262 e. The summed E-state index contributed by atoms with van der Waals surface area (Å²) in [6.45, 7) is 0.750. The zero-order valence-electron chi connectivity index (χ0n) is 10.1. The van der Waals surface area contributed by atoms with Gasteiger partial charge in [-0.3, -0.25) is 4.79 Å². The van der Waals surface area contributed by atoms with E-state index < -0.39 is 0 Å². The summed E-state index contributed by atoms with van der Waals surface area (Å²) in [7, 11) is 0. The average Bonchev–Trinajstić information content (AvgIpc) is 2.89. The number of thiophene rings is 1. The van der Waals surface area contributed by atoms with Gasteiger partial charge in [0.05, 0.1) is 11.4 Å². The molecule has 94 valence electrons. The Bertz CT molecular complexity index is 682. The first-order chi connectivity index (χ1) is 9.29. The van der Waals surface area contributed by atoms with Crippen molar-refractivity contribution in [1.29, 1.82) is 0 Å². The van der Waals surface area contributed by atoms with E-state index in [9.17, 15) is 4.79 Å². The number of rotatable bonds is 2. The summed E-state index contributed by atoms with van der Waals surface area (Å²) in [6.07, 6.45) is 5.13. The third-order valence-corrected chi connectivity index (χ3v) is 4.11. The van der Waals surface area contributed by atoms with E-state index in [1.807, 2.05) is 30.3 Å². The smallest absolute Gasteiger partial charge is 0.262 e. The number of fused-ring (bicyclic) bond motifs is 3. The van der Waals surface area contributed by atoms with Crippen LogP contribution in [0.25, 0.3) is 10.4 Å². The van der Waals surface area contributed by atoms with E-state index in [2.05, 4.69) is 11.2 Å². The topological polar surface area (TPSA) is 38.3 Å². The van der Waals surface area contributed by atoms with Gasteiger partial charge < -0.3 is 10.1 Å². The van der Waals surface area contributed by atoms with E-state index in [0.29, 0.717) is 11.5 Å². The molecule has 0 saturated heterocycles. The van der Waals surface area contributed by atoms with Gasteiger partial charge in [0.15, 0.2) is 0 Å². The van der Waals surface area contributed by atoms with Crippen molar-refractivity contribution in [3.05, 3.63) is 40.8 Å². The number of hydrogen-bond donors (Lipinski definition) is 1. The molecule has 0 atom stereocenters. The number of hydrogen-bond acceptors (Lipinski definition) is 3. The number of nitrogens with one attached hydrogen (secondary N) is 1. The number of para-hydroxylation sites is 1. The van der Waals surface area contributed by atoms with Crippen LogP contribution in [0.3, 0.4) is 0 Å². The minimum atomic E-state index is -0.130. The van der Waals surface area contributed by atoms with Crippen LogP contribution in [0.5, 0.6) is 5.75 Å². The number of amides is 1. The highest BCUT2D eigenvalue weighted by Crippen LogP contribution is 2.42. The van der Waals surface area contributed by atoms with Crippen LogP contribution in [-0.2, 0) is 6.61 Å². The molecule has 2 aromatic rings. The summed E-state index contributed by atoms with van der Waals surface area (Å²) in [5.74, 6) is 3.13. The molecule has 0 fully saturated rings. The Labute approximate surface area is 115 Å². The summed E-state index contributed by atoms with van der Waals surface area (Å²) >= 11 is 1.48. The zero-order valence-corrected chi connectivity index (χ0v) is 10.9. The molecule has 0 radical (unpaired) electrons. The minimum Gasteiger partial charge on any atom is -0.488 e. The van der Waals surface area contributed by atoms with Gasteiger partial charge in [0.1, 0.15) is 12.4 Å². The SMILES string of the molecule is C#CCNC(=O)c1cc2c(s1)-c1ccccc1OC2. The lowest BCUT2D eigenvalue weighted by Crippen LogP contribution is -2.22. The predicted molar refractivity (Wildman–Crippen MR) is 75.3 cm³/mol. The van der Waals surface area contributed by atoms with E-state index in [1.165, 1.54) is 11.3 Å². The Morgan fingerprint density at radius 2 is 2.32 bits per heavy atom. The Hall–Kier alpha value is -2.25. The van der Waals surface area contributed by atoms with Gasteiger partial charge in [0.25, 0.3) is 5.91 Å². The Balaban J connectivity index is 1.97. The summed E-state index contributed by atoms with van der Waals surface area (Å²) in [4.78, 5) is 13.7. The molecule has 1 aliphatic rings. The summed E-state index contributed by atoms with van der Waals surface area (Å²) in [5.41, 5.74) is 2.10. The quantitative estimate of drug-likeness (QED) is 0.851. The van der Waals surface area contributed by atoms with Gasteiger partial charge in [-0.05, 0) is 18.2 Å². The molecule has 1 aliphatic heterocycles. The highest BCUT2D eigenvalue weighted by molar-refractivity contribution is 7.17. The van der Waals surface area contributed by atoms with Crippen molar-refractivity contribution in [2.24, 2.45) is 0 Å². The van der Waals surface area contributed by atoms with E-state index >= 15 is 0 Å². The molecular formula is C15H11NO2S. The van der Waals surface area contributed by atoms with Gasteiger partial charge in [0.2, 0.25) is 0 Å². The molecule has 1 N–H and O–H groups in total. The summed E-state index contributed by atoms with van der Waals surface area (Å²) in [5, 5.41) is 2.68. The molecule has 1 amide bonds. The van der Waals surface area contributed by atoms with Crippen LogP contribution in [0, 0.1) is 12.3 Å². The maximum atomic E-state index is 11.9. The first kappa shape index (κ1) is 11.8. The third-order valence-electron chi connectivity index (χ3n) is 2.90. The Morgan fingerprint density at radius 1 is 1.47 bits per heavy atom. The molecule has 0 saturated carbocycles. The maximum absolute atomic E-state index is 11.9. The fraction of sp³-hybridized carbons (Fsp3) is 0.133. The first-order valence-corrected chi connectivity index (χ1v) is 6.68. The van der Waals surface area contributed by atoms with Gasteiger partial charge in [-0.1, -0.05) is 18.1 Å². The first-order valence-electron chi connectivity index (χ1n) is 5.86. The van der Waals surface area contributed by atoms with Crippen LogP contribution in [0.15, 0.2) is 30.3 Å². The van der Waals surface area contributed by atoms with E-state index in [1.54, 1.807) is 0 Å². The summed E-state index contributed by atoms with van der Waals surface area (Å²) < 4.78 is 5.67. The molecule has 0 bridgehead atoms. The second-order valence-electron chi connectivity index (χ2n) is 4.14. The van der Waals surface area contributed by atoms with Crippen molar-refractivity contribution in [2.75, 3.05) is 6.54 Å². The third kappa shape index (κ3) is 2.09. The molecule has 3 rings (SSSR count). The number of terminal acetylenes is 1. The molecule has 4 heteroatoms. The molecule has 1 aromatic carbocycles. The molecule has 0 spiro atoms. The van der Waals surface area contributed by atoms with E-state index in [-0.39, 0.29) is 12.5 Å². The number of ether oxygens (including phenoxy) is 1. The molecule has 3 nitrogen and oxygen atoms in total. The lowest BCUT2D eigenvalue weighted by molar-refractivity contribution is 0.0962.